The largest absolute Gasteiger partial charge is 0.480 e. The molecule has 1 aromatic heterocycles. The molecule has 0 aliphatic carbocycles. The number of nitrogens with one attached hydrogen (secondary N) is 2. The second-order valence-electron chi connectivity index (χ2n) is 4.75. The topological polar surface area (TPSA) is 109 Å². The van der Waals surface area contributed by atoms with Gasteiger partial charge in [-0.2, -0.15) is 0 Å². The lowest BCUT2D eigenvalue weighted by molar-refractivity contribution is -0.143. The number of amides is 2. The molecule has 0 radical (unpaired) electrons. The van der Waals surface area contributed by atoms with Crippen molar-refractivity contribution in [2.45, 2.75) is 32.7 Å². The first-order valence-corrected chi connectivity index (χ1v) is 6.79. The lowest BCUT2D eigenvalue weighted by Crippen LogP contribution is -2.45. The van der Waals surface area contributed by atoms with E-state index in [0.29, 0.717) is 6.42 Å². The molecule has 0 aliphatic heterocycles. The maximum atomic E-state index is 11.7. The van der Waals surface area contributed by atoms with E-state index >= 15 is 0 Å². The first kappa shape index (κ1) is 16.7. The molecular formula is C14H20N2O5. The van der Waals surface area contributed by atoms with Crippen LogP contribution >= 0.6 is 0 Å². The predicted molar refractivity (Wildman–Crippen MR) is 74.7 cm³/mol. The van der Waals surface area contributed by atoms with Crippen molar-refractivity contribution in [3.8, 4) is 0 Å². The van der Waals surface area contributed by atoms with Gasteiger partial charge in [-0.05, 0) is 18.1 Å². The van der Waals surface area contributed by atoms with E-state index in [1.165, 1.54) is 12.3 Å². The molecule has 1 unspecified atom stereocenters. The summed E-state index contributed by atoms with van der Waals surface area (Å²) in [6.07, 6.45) is 2.03. The van der Waals surface area contributed by atoms with Crippen molar-refractivity contribution in [3.05, 3.63) is 24.2 Å². The monoisotopic (exact) mass is 296 g/mol. The van der Waals surface area contributed by atoms with E-state index in [0.717, 1.165) is 0 Å². The summed E-state index contributed by atoms with van der Waals surface area (Å²) in [4.78, 5) is 34.3. The number of carboxylic acids is 1. The highest BCUT2D eigenvalue weighted by molar-refractivity contribution is 5.91. The SMILES string of the molecule is CCC(C)[C@H](NC(=O)CCNC(=O)c1ccco1)C(=O)O. The number of rotatable bonds is 8. The van der Waals surface area contributed by atoms with Gasteiger partial charge >= 0.3 is 5.97 Å². The van der Waals surface area contributed by atoms with E-state index in [9.17, 15) is 14.4 Å². The molecule has 2 atom stereocenters. The van der Waals surface area contributed by atoms with Crippen molar-refractivity contribution in [1.29, 1.82) is 0 Å². The minimum Gasteiger partial charge on any atom is -0.480 e. The summed E-state index contributed by atoms with van der Waals surface area (Å²) in [7, 11) is 0. The number of carboxylic acid groups (broad SMARTS) is 1. The molecule has 0 saturated heterocycles. The van der Waals surface area contributed by atoms with Gasteiger partial charge in [0.05, 0.1) is 6.26 Å². The number of hydrogen-bond acceptors (Lipinski definition) is 4. The molecule has 7 nitrogen and oxygen atoms in total. The normalized spacial score (nSPS) is 13.2. The summed E-state index contributed by atoms with van der Waals surface area (Å²) in [6.45, 7) is 3.73. The zero-order chi connectivity index (χ0) is 15.8. The second kappa shape index (κ2) is 8.08. The first-order valence-electron chi connectivity index (χ1n) is 6.79. The fourth-order valence-electron chi connectivity index (χ4n) is 1.71. The van der Waals surface area contributed by atoms with Gasteiger partial charge < -0.3 is 20.2 Å². The molecule has 0 spiro atoms. The minimum atomic E-state index is -1.06. The Labute approximate surface area is 122 Å². The van der Waals surface area contributed by atoms with Crippen LogP contribution in [0.4, 0.5) is 0 Å². The Balaban J connectivity index is 2.36. The third-order valence-electron chi connectivity index (χ3n) is 3.18. The van der Waals surface area contributed by atoms with E-state index in [-0.39, 0.29) is 24.6 Å². The predicted octanol–water partition coefficient (Wildman–Crippen LogP) is 1.01. The van der Waals surface area contributed by atoms with Gasteiger partial charge in [-0.1, -0.05) is 20.3 Å². The molecule has 1 rings (SSSR count). The van der Waals surface area contributed by atoms with Gasteiger partial charge in [0.2, 0.25) is 5.91 Å². The third-order valence-corrected chi connectivity index (χ3v) is 3.18. The maximum Gasteiger partial charge on any atom is 0.326 e. The van der Waals surface area contributed by atoms with E-state index in [4.69, 9.17) is 9.52 Å². The number of furan rings is 1. The second-order valence-corrected chi connectivity index (χ2v) is 4.75. The quantitative estimate of drug-likeness (QED) is 0.663. The molecule has 0 saturated carbocycles. The van der Waals surface area contributed by atoms with Crippen LogP contribution in [-0.2, 0) is 9.59 Å². The molecule has 7 heteroatoms. The highest BCUT2D eigenvalue weighted by Gasteiger charge is 2.25. The molecule has 0 aliphatic rings. The van der Waals surface area contributed by atoms with Crippen LogP contribution in [0.1, 0.15) is 37.2 Å². The van der Waals surface area contributed by atoms with Crippen LogP contribution in [0.5, 0.6) is 0 Å². The van der Waals surface area contributed by atoms with Crippen molar-refractivity contribution in [1.82, 2.24) is 10.6 Å². The van der Waals surface area contributed by atoms with Gasteiger partial charge in [-0.25, -0.2) is 4.79 Å². The Morgan fingerprint density at radius 2 is 2.10 bits per heavy atom. The van der Waals surface area contributed by atoms with Crippen LogP contribution in [0.2, 0.25) is 0 Å². The fourth-order valence-corrected chi connectivity index (χ4v) is 1.71. The third kappa shape index (κ3) is 5.29. The summed E-state index contributed by atoms with van der Waals surface area (Å²) in [5.74, 6) is -1.88. The van der Waals surface area contributed by atoms with Crippen molar-refractivity contribution in [3.63, 3.8) is 0 Å². The van der Waals surface area contributed by atoms with Crippen molar-refractivity contribution in [2.75, 3.05) is 6.54 Å². The molecule has 116 valence electrons. The van der Waals surface area contributed by atoms with Crippen LogP contribution in [-0.4, -0.2) is 35.5 Å². The molecular weight excluding hydrogens is 276 g/mol. The Morgan fingerprint density at radius 3 is 2.62 bits per heavy atom. The zero-order valence-electron chi connectivity index (χ0n) is 12.1. The van der Waals surface area contributed by atoms with Crippen LogP contribution in [0.3, 0.4) is 0 Å². The average Bonchev–Trinajstić information content (AvgIpc) is 2.97. The van der Waals surface area contributed by atoms with Gasteiger partial charge in [0.15, 0.2) is 5.76 Å². The first-order chi connectivity index (χ1) is 9.95. The number of carbonyl (C=O) groups excluding carboxylic acids is 2. The molecule has 0 aromatic carbocycles. The van der Waals surface area contributed by atoms with E-state index in [1.54, 1.807) is 13.0 Å². The van der Waals surface area contributed by atoms with Gasteiger partial charge in [-0.3, -0.25) is 9.59 Å². The zero-order valence-corrected chi connectivity index (χ0v) is 12.1. The highest BCUT2D eigenvalue weighted by Crippen LogP contribution is 2.08. The Kier molecular flexibility index (Phi) is 6.45. The number of hydrogen-bond donors (Lipinski definition) is 3. The lowest BCUT2D eigenvalue weighted by atomic mass is 9.99. The summed E-state index contributed by atoms with van der Waals surface area (Å²) in [5.41, 5.74) is 0. The van der Waals surface area contributed by atoms with E-state index in [2.05, 4.69) is 10.6 Å². The van der Waals surface area contributed by atoms with Gasteiger partial charge in [0.1, 0.15) is 6.04 Å². The van der Waals surface area contributed by atoms with Crippen LogP contribution in [0.25, 0.3) is 0 Å². The Bertz CT molecular complexity index is 484. The average molecular weight is 296 g/mol. The number of aliphatic carboxylic acids is 1. The molecule has 2 amide bonds. The summed E-state index contributed by atoms with van der Waals surface area (Å²) in [5, 5.41) is 14.0. The van der Waals surface area contributed by atoms with Crippen LogP contribution < -0.4 is 10.6 Å². The van der Waals surface area contributed by atoms with E-state index < -0.39 is 23.8 Å². The van der Waals surface area contributed by atoms with E-state index in [1.807, 2.05) is 6.92 Å². The van der Waals surface area contributed by atoms with Crippen molar-refractivity contribution < 1.29 is 23.9 Å². The van der Waals surface area contributed by atoms with Gasteiger partial charge in [-0.15, -0.1) is 0 Å². The summed E-state index contributed by atoms with van der Waals surface area (Å²) in [6, 6.07) is 2.19. The summed E-state index contributed by atoms with van der Waals surface area (Å²) < 4.78 is 4.90. The molecule has 0 bridgehead atoms. The van der Waals surface area contributed by atoms with Crippen LogP contribution in [0, 0.1) is 5.92 Å². The van der Waals surface area contributed by atoms with Crippen molar-refractivity contribution >= 4 is 17.8 Å². The van der Waals surface area contributed by atoms with Gasteiger partial charge in [0, 0.05) is 13.0 Å². The molecule has 1 heterocycles. The molecule has 3 N–H and O–H groups in total. The minimum absolute atomic E-state index is 0.00661. The standard InChI is InChI=1S/C14H20N2O5/c1-3-9(2)12(14(19)20)16-11(17)6-7-15-13(18)10-5-4-8-21-10/h4-5,8-9,12H,3,6-7H2,1-2H3,(H,15,18)(H,16,17)(H,19,20)/t9?,12-/m0/s1. The highest BCUT2D eigenvalue weighted by atomic mass is 16.4. The van der Waals surface area contributed by atoms with Crippen molar-refractivity contribution in [2.24, 2.45) is 5.92 Å². The fraction of sp³-hybridized carbons (Fsp3) is 0.500. The van der Waals surface area contributed by atoms with Crippen LogP contribution in [0.15, 0.2) is 22.8 Å². The molecule has 1 aromatic rings. The van der Waals surface area contributed by atoms with Gasteiger partial charge in [0.25, 0.3) is 5.91 Å². The number of carbonyl (C=O) groups is 3. The summed E-state index contributed by atoms with van der Waals surface area (Å²) >= 11 is 0. The lowest BCUT2D eigenvalue weighted by Gasteiger charge is -2.20. The Hall–Kier alpha value is -2.31. The maximum absolute atomic E-state index is 11.7. The Morgan fingerprint density at radius 1 is 1.38 bits per heavy atom. The smallest absolute Gasteiger partial charge is 0.326 e. The molecule has 21 heavy (non-hydrogen) atoms. The molecule has 0 fully saturated rings.